The summed E-state index contributed by atoms with van der Waals surface area (Å²) in [6.07, 6.45) is -4.52. The van der Waals surface area contributed by atoms with Crippen LogP contribution in [-0.4, -0.2) is 26.7 Å². The lowest BCUT2D eigenvalue weighted by molar-refractivity contribution is -0.137. The molecule has 2 aromatic carbocycles. The van der Waals surface area contributed by atoms with Crippen LogP contribution in [0.4, 0.5) is 18.9 Å². The maximum atomic E-state index is 12.7. The smallest absolute Gasteiger partial charge is 0.416 e. The molecule has 0 unspecified atom stereocenters. The van der Waals surface area contributed by atoms with Gasteiger partial charge in [-0.15, -0.1) is 0 Å². The number of sulfone groups is 1. The topological polar surface area (TPSA) is 72.5 Å². The highest BCUT2D eigenvalue weighted by atomic mass is 32.2. The van der Waals surface area contributed by atoms with Crippen LogP contribution in [-0.2, 0) is 20.8 Å². The second kappa shape index (κ2) is 7.77. The molecule has 0 saturated heterocycles. The molecule has 0 heterocycles. The molecule has 0 fully saturated rings. The largest absolute Gasteiger partial charge is 0.484 e. The van der Waals surface area contributed by atoms with Crippen molar-refractivity contribution in [3.05, 3.63) is 54.1 Å². The standard InChI is InChI=1S/C17H16F3NO4S/c1-2-26(23,24)15-9-4-3-8-14(15)21-16(22)11-25-13-7-5-6-12(10-13)17(18,19)20/h3-10H,2,11H2,1H3,(H,21,22). The highest BCUT2D eigenvalue weighted by molar-refractivity contribution is 7.91. The maximum absolute atomic E-state index is 12.7. The number of carbonyl (C=O) groups is 1. The Morgan fingerprint density at radius 2 is 1.81 bits per heavy atom. The first-order chi connectivity index (χ1) is 12.1. The molecule has 2 aromatic rings. The van der Waals surface area contributed by atoms with Crippen molar-refractivity contribution in [2.45, 2.75) is 18.0 Å². The quantitative estimate of drug-likeness (QED) is 0.823. The third-order valence-corrected chi connectivity index (χ3v) is 5.19. The Labute approximate surface area is 148 Å². The van der Waals surface area contributed by atoms with Gasteiger partial charge in [0.05, 0.1) is 21.9 Å². The Morgan fingerprint density at radius 1 is 1.12 bits per heavy atom. The Bertz CT molecular complexity index is 895. The van der Waals surface area contributed by atoms with Crippen LogP contribution >= 0.6 is 0 Å². The number of hydrogen-bond donors (Lipinski definition) is 1. The SMILES string of the molecule is CCS(=O)(=O)c1ccccc1NC(=O)COc1cccc(C(F)(F)F)c1. The van der Waals surface area contributed by atoms with E-state index in [9.17, 15) is 26.4 Å². The zero-order valence-electron chi connectivity index (χ0n) is 13.7. The van der Waals surface area contributed by atoms with Crippen LogP contribution in [0.25, 0.3) is 0 Å². The fourth-order valence-electron chi connectivity index (χ4n) is 2.09. The molecule has 0 bridgehead atoms. The minimum absolute atomic E-state index is 0.0325. The average molecular weight is 387 g/mol. The summed E-state index contributed by atoms with van der Waals surface area (Å²) in [7, 11) is -3.54. The van der Waals surface area contributed by atoms with Gasteiger partial charge in [0.2, 0.25) is 0 Å². The molecule has 9 heteroatoms. The van der Waals surface area contributed by atoms with E-state index in [1.165, 1.54) is 37.3 Å². The zero-order valence-corrected chi connectivity index (χ0v) is 14.5. The number of anilines is 1. The Hall–Kier alpha value is -2.55. The normalized spacial score (nSPS) is 11.8. The summed E-state index contributed by atoms with van der Waals surface area (Å²) < 4.78 is 67.1. The molecule has 1 amide bonds. The van der Waals surface area contributed by atoms with Gasteiger partial charge >= 0.3 is 6.18 Å². The predicted molar refractivity (Wildman–Crippen MR) is 89.7 cm³/mol. The van der Waals surface area contributed by atoms with Gasteiger partial charge in [0.15, 0.2) is 16.4 Å². The van der Waals surface area contributed by atoms with Crippen molar-refractivity contribution in [1.29, 1.82) is 0 Å². The highest BCUT2D eigenvalue weighted by Crippen LogP contribution is 2.31. The number of alkyl halides is 3. The molecule has 0 aliphatic heterocycles. The van der Waals surface area contributed by atoms with E-state index in [1.54, 1.807) is 6.07 Å². The monoisotopic (exact) mass is 387 g/mol. The van der Waals surface area contributed by atoms with E-state index in [1.807, 2.05) is 0 Å². The lowest BCUT2D eigenvalue weighted by atomic mass is 10.2. The first-order valence-electron chi connectivity index (χ1n) is 7.55. The summed E-state index contributed by atoms with van der Waals surface area (Å²) in [6.45, 7) is 0.909. The van der Waals surface area contributed by atoms with Gasteiger partial charge in [-0.2, -0.15) is 13.2 Å². The van der Waals surface area contributed by atoms with Crippen molar-refractivity contribution in [1.82, 2.24) is 0 Å². The van der Waals surface area contributed by atoms with Crippen molar-refractivity contribution in [3.63, 3.8) is 0 Å². The van der Waals surface area contributed by atoms with E-state index in [0.717, 1.165) is 12.1 Å². The van der Waals surface area contributed by atoms with E-state index >= 15 is 0 Å². The van der Waals surface area contributed by atoms with Crippen LogP contribution in [0, 0.1) is 0 Å². The van der Waals surface area contributed by atoms with Gasteiger partial charge in [0.1, 0.15) is 5.75 Å². The van der Waals surface area contributed by atoms with Crippen molar-refractivity contribution >= 4 is 21.4 Å². The van der Waals surface area contributed by atoms with E-state index in [4.69, 9.17) is 4.74 Å². The molecule has 0 atom stereocenters. The summed E-state index contributed by atoms with van der Waals surface area (Å²) in [5.74, 6) is -0.953. The van der Waals surface area contributed by atoms with E-state index in [-0.39, 0.29) is 22.1 Å². The number of rotatable bonds is 6. The van der Waals surface area contributed by atoms with Crippen LogP contribution in [0.1, 0.15) is 12.5 Å². The molecule has 140 valence electrons. The highest BCUT2D eigenvalue weighted by Gasteiger charge is 2.30. The van der Waals surface area contributed by atoms with Gasteiger partial charge in [0.25, 0.3) is 5.91 Å². The molecule has 0 saturated carbocycles. The van der Waals surface area contributed by atoms with Crippen LogP contribution < -0.4 is 10.1 Å². The Balaban J connectivity index is 2.07. The number of nitrogens with one attached hydrogen (secondary N) is 1. The fourth-order valence-corrected chi connectivity index (χ4v) is 3.15. The molecular weight excluding hydrogens is 371 g/mol. The Morgan fingerprint density at radius 3 is 2.46 bits per heavy atom. The summed E-state index contributed by atoms with van der Waals surface area (Å²) in [6, 6.07) is 9.99. The number of amides is 1. The fraction of sp³-hybridized carbons (Fsp3) is 0.235. The number of halogens is 3. The lowest BCUT2D eigenvalue weighted by Gasteiger charge is -2.12. The third-order valence-electron chi connectivity index (χ3n) is 3.41. The molecule has 26 heavy (non-hydrogen) atoms. The van der Waals surface area contributed by atoms with Gasteiger partial charge in [-0.05, 0) is 30.3 Å². The summed E-state index contributed by atoms with van der Waals surface area (Å²) in [5, 5.41) is 2.40. The van der Waals surface area contributed by atoms with Gasteiger partial charge in [-0.3, -0.25) is 4.79 Å². The van der Waals surface area contributed by atoms with Crippen molar-refractivity contribution in [3.8, 4) is 5.75 Å². The molecule has 1 N–H and O–H groups in total. The van der Waals surface area contributed by atoms with E-state index in [2.05, 4.69) is 5.32 Å². The van der Waals surface area contributed by atoms with Crippen LogP contribution in [0.2, 0.25) is 0 Å². The van der Waals surface area contributed by atoms with Crippen LogP contribution in [0.3, 0.4) is 0 Å². The molecule has 0 aliphatic carbocycles. The summed E-state index contributed by atoms with van der Waals surface area (Å²) in [5.41, 5.74) is -0.804. The number of carbonyl (C=O) groups excluding carboxylic acids is 1. The number of ether oxygens (including phenoxy) is 1. The van der Waals surface area contributed by atoms with Gasteiger partial charge < -0.3 is 10.1 Å². The average Bonchev–Trinajstić information content (AvgIpc) is 2.60. The van der Waals surface area contributed by atoms with Crippen LogP contribution in [0.15, 0.2) is 53.4 Å². The van der Waals surface area contributed by atoms with Crippen LogP contribution in [0.5, 0.6) is 5.75 Å². The molecule has 0 radical (unpaired) electrons. The number of hydrogen-bond acceptors (Lipinski definition) is 4. The summed E-state index contributed by atoms with van der Waals surface area (Å²) in [4.78, 5) is 11.9. The molecule has 0 spiro atoms. The maximum Gasteiger partial charge on any atom is 0.416 e. The molecular formula is C17H16F3NO4S. The van der Waals surface area contributed by atoms with E-state index < -0.39 is 34.1 Å². The number of benzene rings is 2. The number of para-hydroxylation sites is 1. The molecule has 0 aliphatic rings. The van der Waals surface area contributed by atoms with Gasteiger partial charge in [-0.25, -0.2) is 8.42 Å². The summed E-state index contributed by atoms with van der Waals surface area (Å²) >= 11 is 0. The first-order valence-corrected chi connectivity index (χ1v) is 9.20. The molecule has 0 aromatic heterocycles. The zero-order chi connectivity index (χ0) is 19.4. The predicted octanol–water partition coefficient (Wildman–Crippen LogP) is 3.52. The minimum Gasteiger partial charge on any atom is -0.484 e. The minimum atomic E-state index is -4.52. The molecule has 5 nitrogen and oxygen atoms in total. The second-order valence-corrected chi connectivity index (χ2v) is 7.51. The van der Waals surface area contributed by atoms with Gasteiger partial charge in [0, 0.05) is 0 Å². The van der Waals surface area contributed by atoms with Gasteiger partial charge in [-0.1, -0.05) is 25.1 Å². The van der Waals surface area contributed by atoms with Crippen molar-refractivity contribution in [2.24, 2.45) is 0 Å². The van der Waals surface area contributed by atoms with Crippen molar-refractivity contribution in [2.75, 3.05) is 17.7 Å². The van der Waals surface area contributed by atoms with E-state index in [0.29, 0.717) is 0 Å². The third kappa shape index (κ3) is 4.98. The van der Waals surface area contributed by atoms with Crippen molar-refractivity contribution < 1.29 is 31.1 Å². The second-order valence-electron chi connectivity index (χ2n) is 5.26. The lowest BCUT2D eigenvalue weighted by Crippen LogP contribution is -2.22. The molecule has 2 rings (SSSR count). The first kappa shape index (κ1) is 19.8. The Kier molecular flexibility index (Phi) is 5.91.